The number of pyridine rings is 1. The van der Waals surface area contributed by atoms with Gasteiger partial charge in [0.2, 0.25) is 0 Å². The predicted molar refractivity (Wildman–Crippen MR) is 126 cm³/mol. The quantitative estimate of drug-likeness (QED) is 0.597. The molecule has 1 fully saturated rings. The number of aryl methyl sites for hydroxylation is 2. The van der Waals surface area contributed by atoms with Crippen molar-refractivity contribution in [3.63, 3.8) is 0 Å². The third-order valence-electron chi connectivity index (χ3n) is 6.74. The minimum atomic E-state index is -0.0517. The van der Waals surface area contributed by atoms with Crippen molar-refractivity contribution in [1.29, 1.82) is 0 Å². The lowest BCUT2D eigenvalue weighted by molar-refractivity contribution is 0.0948. The van der Waals surface area contributed by atoms with Crippen LogP contribution in [0.25, 0.3) is 11.0 Å². The number of nitrogens with zero attached hydrogens (tertiary/aromatic N) is 4. The van der Waals surface area contributed by atoms with E-state index in [1.807, 2.05) is 20.0 Å². The number of fused-ring (bicyclic) bond motifs is 2. The molecule has 1 aromatic carbocycles. The Labute approximate surface area is 193 Å². The molecule has 0 radical (unpaired) electrons. The van der Waals surface area contributed by atoms with Gasteiger partial charge in [0.05, 0.1) is 30.9 Å². The number of amides is 1. The second-order valence-electron chi connectivity index (χ2n) is 9.03. The van der Waals surface area contributed by atoms with Gasteiger partial charge >= 0.3 is 0 Å². The van der Waals surface area contributed by atoms with Crippen LogP contribution in [0.15, 0.2) is 18.2 Å². The van der Waals surface area contributed by atoms with Gasteiger partial charge < -0.3 is 14.8 Å². The summed E-state index contributed by atoms with van der Waals surface area (Å²) in [4.78, 5) is 20.3. The van der Waals surface area contributed by atoms with Crippen LogP contribution in [-0.4, -0.2) is 59.4 Å². The standard InChI is InChI=1S/C25H31N5O3/c1-15-23-19(13-20(16-5-6-16)27-24(23)29(2)28-15)25(31)26-8-10-30-9-7-17-11-21(32-3)22(33-4)12-18(17)14-30/h11-13,16H,5-10,14H2,1-4H3,(H,26,31). The van der Waals surface area contributed by atoms with Gasteiger partial charge in [-0.05, 0) is 55.5 Å². The molecule has 5 rings (SSSR count). The molecule has 0 spiro atoms. The Morgan fingerprint density at radius 2 is 1.88 bits per heavy atom. The lowest BCUT2D eigenvalue weighted by Gasteiger charge is -2.29. The van der Waals surface area contributed by atoms with E-state index in [1.165, 1.54) is 11.1 Å². The van der Waals surface area contributed by atoms with E-state index in [4.69, 9.17) is 14.5 Å². The summed E-state index contributed by atoms with van der Waals surface area (Å²) in [5, 5.41) is 8.49. The van der Waals surface area contributed by atoms with Crippen LogP contribution in [0.3, 0.4) is 0 Å². The number of hydrogen-bond donors (Lipinski definition) is 1. The summed E-state index contributed by atoms with van der Waals surface area (Å²) in [7, 11) is 5.22. The van der Waals surface area contributed by atoms with Crippen LogP contribution in [-0.2, 0) is 20.0 Å². The van der Waals surface area contributed by atoms with E-state index in [0.29, 0.717) is 18.0 Å². The van der Waals surface area contributed by atoms with Gasteiger partial charge in [-0.15, -0.1) is 0 Å². The maximum atomic E-state index is 13.2. The first kappa shape index (κ1) is 21.7. The van der Waals surface area contributed by atoms with E-state index >= 15 is 0 Å². The molecule has 1 aliphatic heterocycles. The van der Waals surface area contributed by atoms with Crippen molar-refractivity contribution in [3.05, 3.63) is 46.3 Å². The number of rotatable bonds is 7. The predicted octanol–water partition coefficient (Wildman–Crippen LogP) is 2.96. The lowest BCUT2D eigenvalue weighted by Crippen LogP contribution is -2.38. The van der Waals surface area contributed by atoms with Crippen molar-refractivity contribution >= 4 is 16.9 Å². The van der Waals surface area contributed by atoms with Crippen molar-refractivity contribution < 1.29 is 14.3 Å². The maximum absolute atomic E-state index is 13.2. The van der Waals surface area contributed by atoms with E-state index in [9.17, 15) is 4.79 Å². The number of carbonyl (C=O) groups excluding carboxylic acids is 1. The fourth-order valence-corrected chi connectivity index (χ4v) is 4.79. The molecular weight excluding hydrogens is 418 g/mol. The fraction of sp³-hybridized carbons (Fsp3) is 0.480. The summed E-state index contributed by atoms with van der Waals surface area (Å²) >= 11 is 0. The molecule has 1 amide bonds. The summed E-state index contributed by atoms with van der Waals surface area (Å²) in [5.74, 6) is 1.95. The molecule has 3 aromatic rings. The molecule has 0 bridgehead atoms. The highest BCUT2D eigenvalue weighted by molar-refractivity contribution is 6.06. The zero-order chi connectivity index (χ0) is 23.1. The van der Waals surface area contributed by atoms with Gasteiger partial charge in [-0.25, -0.2) is 4.98 Å². The number of hydrogen-bond acceptors (Lipinski definition) is 6. The maximum Gasteiger partial charge on any atom is 0.252 e. The van der Waals surface area contributed by atoms with Crippen LogP contribution in [0, 0.1) is 6.92 Å². The summed E-state index contributed by atoms with van der Waals surface area (Å²) in [6.45, 7) is 5.09. The molecule has 1 N–H and O–H groups in total. The Bertz CT molecular complexity index is 1210. The zero-order valence-electron chi connectivity index (χ0n) is 19.8. The molecule has 8 heteroatoms. The van der Waals surface area contributed by atoms with E-state index in [0.717, 1.165) is 72.8 Å². The number of nitrogens with one attached hydrogen (secondary N) is 1. The second-order valence-corrected chi connectivity index (χ2v) is 9.03. The molecule has 2 aromatic heterocycles. The van der Waals surface area contributed by atoms with Gasteiger partial charge in [0.25, 0.3) is 5.91 Å². The molecule has 0 unspecified atom stereocenters. The van der Waals surface area contributed by atoms with E-state index in [-0.39, 0.29) is 5.91 Å². The minimum Gasteiger partial charge on any atom is -0.493 e. The Morgan fingerprint density at radius 1 is 1.15 bits per heavy atom. The Hall–Kier alpha value is -3.13. The van der Waals surface area contributed by atoms with Crippen LogP contribution in [0.5, 0.6) is 11.5 Å². The molecule has 33 heavy (non-hydrogen) atoms. The van der Waals surface area contributed by atoms with Gasteiger partial charge in [-0.1, -0.05) is 0 Å². The molecule has 2 aliphatic rings. The van der Waals surface area contributed by atoms with Crippen molar-refractivity contribution in [3.8, 4) is 11.5 Å². The number of aromatic nitrogens is 3. The van der Waals surface area contributed by atoms with E-state index < -0.39 is 0 Å². The molecule has 8 nitrogen and oxygen atoms in total. The van der Waals surface area contributed by atoms with Gasteiger partial charge in [0, 0.05) is 44.8 Å². The number of carbonyl (C=O) groups is 1. The molecule has 3 heterocycles. The highest BCUT2D eigenvalue weighted by atomic mass is 16.5. The zero-order valence-corrected chi connectivity index (χ0v) is 19.8. The average Bonchev–Trinajstić information content (AvgIpc) is 3.63. The topological polar surface area (TPSA) is 81.5 Å². The van der Waals surface area contributed by atoms with Crippen LogP contribution in [0.4, 0.5) is 0 Å². The van der Waals surface area contributed by atoms with Crippen LogP contribution in [0.1, 0.15) is 51.6 Å². The largest absolute Gasteiger partial charge is 0.493 e. The van der Waals surface area contributed by atoms with Gasteiger partial charge in [0.15, 0.2) is 17.1 Å². The fourth-order valence-electron chi connectivity index (χ4n) is 4.79. The van der Waals surface area contributed by atoms with Crippen molar-refractivity contribution in [1.82, 2.24) is 25.0 Å². The SMILES string of the molecule is COc1cc2c(cc1OC)CN(CCNC(=O)c1cc(C3CC3)nc3c1c(C)nn3C)CC2. The molecule has 1 saturated carbocycles. The molecule has 0 saturated heterocycles. The Balaban J connectivity index is 1.27. The first-order chi connectivity index (χ1) is 16.0. The van der Waals surface area contributed by atoms with Gasteiger partial charge in [0.1, 0.15) is 0 Å². The summed E-state index contributed by atoms with van der Waals surface area (Å²) < 4.78 is 12.7. The van der Waals surface area contributed by atoms with Crippen LogP contribution in [0.2, 0.25) is 0 Å². The normalized spacial score (nSPS) is 16.0. The molecule has 0 atom stereocenters. The minimum absolute atomic E-state index is 0.0517. The number of benzene rings is 1. The van der Waals surface area contributed by atoms with Crippen molar-refractivity contribution in [2.24, 2.45) is 7.05 Å². The summed E-state index contributed by atoms with van der Waals surface area (Å²) in [6, 6.07) is 6.12. The smallest absolute Gasteiger partial charge is 0.252 e. The van der Waals surface area contributed by atoms with E-state index in [2.05, 4.69) is 27.4 Å². The van der Waals surface area contributed by atoms with Gasteiger partial charge in [-0.3, -0.25) is 14.4 Å². The lowest BCUT2D eigenvalue weighted by atomic mass is 9.99. The highest BCUT2D eigenvalue weighted by Crippen LogP contribution is 2.40. The summed E-state index contributed by atoms with van der Waals surface area (Å²) in [6.07, 6.45) is 3.24. The van der Waals surface area contributed by atoms with Crippen molar-refractivity contribution in [2.75, 3.05) is 33.9 Å². The first-order valence-corrected chi connectivity index (χ1v) is 11.6. The molecule has 174 valence electrons. The van der Waals surface area contributed by atoms with Crippen LogP contribution >= 0.6 is 0 Å². The van der Waals surface area contributed by atoms with Gasteiger partial charge in [-0.2, -0.15) is 5.10 Å². The summed E-state index contributed by atoms with van der Waals surface area (Å²) in [5.41, 5.74) is 5.87. The second kappa shape index (κ2) is 8.67. The Morgan fingerprint density at radius 3 is 2.58 bits per heavy atom. The van der Waals surface area contributed by atoms with Crippen LogP contribution < -0.4 is 14.8 Å². The molecular formula is C25H31N5O3. The van der Waals surface area contributed by atoms with E-state index in [1.54, 1.807) is 18.9 Å². The third kappa shape index (κ3) is 4.15. The highest BCUT2D eigenvalue weighted by Gasteiger charge is 2.28. The number of ether oxygens (including phenoxy) is 2. The average molecular weight is 450 g/mol. The Kier molecular flexibility index (Phi) is 5.70. The number of methoxy groups -OCH3 is 2. The third-order valence-corrected chi connectivity index (χ3v) is 6.74. The first-order valence-electron chi connectivity index (χ1n) is 11.6. The molecule has 1 aliphatic carbocycles. The monoisotopic (exact) mass is 449 g/mol. The van der Waals surface area contributed by atoms with Crippen molar-refractivity contribution in [2.45, 2.75) is 38.6 Å².